The van der Waals surface area contributed by atoms with Gasteiger partial charge in [0.1, 0.15) is 5.75 Å². The van der Waals surface area contributed by atoms with Crippen LogP contribution in [-0.4, -0.2) is 62.1 Å². The summed E-state index contributed by atoms with van der Waals surface area (Å²) in [6.45, 7) is 11.9. The molecule has 28 heavy (non-hydrogen) atoms. The monoisotopic (exact) mass is 410 g/mol. The van der Waals surface area contributed by atoms with E-state index < -0.39 is 10.0 Å². The largest absolute Gasteiger partial charge is 0.483 e. The molecule has 0 saturated carbocycles. The number of carbonyl (C=O) groups is 1. The second kappa shape index (κ2) is 9.27. The maximum Gasteiger partial charge on any atom is 0.260 e. The number of aryl methyl sites for hydroxylation is 1. The van der Waals surface area contributed by atoms with Crippen LogP contribution in [0.5, 0.6) is 5.75 Å². The van der Waals surface area contributed by atoms with Crippen LogP contribution in [0.1, 0.15) is 51.7 Å². The number of unbranched alkanes of at least 4 members (excludes halogenated alkanes) is 1. The van der Waals surface area contributed by atoms with E-state index in [9.17, 15) is 13.2 Å². The average molecular weight is 411 g/mol. The number of rotatable bonds is 7. The van der Waals surface area contributed by atoms with Gasteiger partial charge >= 0.3 is 0 Å². The predicted molar refractivity (Wildman–Crippen MR) is 112 cm³/mol. The number of amides is 1. The quantitative estimate of drug-likeness (QED) is 0.693. The maximum atomic E-state index is 12.6. The summed E-state index contributed by atoms with van der Waals surface area (Å²) >= 11 is 0. The third-order valence-corrected chi connectivity index (χ3v) is 6.99. The second-order valence-corrected chi connectivity index (χ2v) is 10.6. The van der Waals surface area contributed by atoms with Gasteiger partial charge in [-0.25, -0.2) is 8.42 Å². The van der Waals surface area contributed by atoms with Crippen LogP contribution < -0.4 is 4.74 Å². The molecule has 1 saturated heterocycles. The topological polar surface area (TPSA) is 66.9 Å². The highest BCUT2D eigenvalue weighted by Gasteiger charge is 2.28. The fourth-order valence-electron chi connectivity index (χ4n) is 3.26. The van der Waals surface area contributed by atoms with Crippen LogP contribution in [0.25, 0.3) is 0 Å². The first-order valence-corrected chi connectivity index (χ1v) is 11.6. The molecule has 158 valence electrons. The Bertz CT molecular complexity index is 776. The molecule has 0 unspecified atom stereocenters. The van der Waals surface area contributed by atoms with Crippen LogP contribution in [0.2, 0.25) is 0 Å². The zero-order valence-corrected chi connectivity index (χ0v) is 18.6. The SMILES string of the molecule is CCCCS(=O)(=O)N1CCN(C(=O)COc2ccc(C)cc2C(C)(C)C)CC1. The Morgan fingerprint density at radius 1 is 1.14 bits per heavy atom. The Labute approximate surface area is 169 Å². The Morgan fingerprint density at radius 2 is 1.79 bits per heavy atom. The van der Waals surface area contributed by atoms with Gasteiger partial charge in [0.05, 0.1) is 5.75 Å². The normalized spacial score (nSPS) is 16.2. The number of hydrogen-bond donors (Lipinski definition) is 0. The molecule has 1 heterocycles. The van der Waals surface area contributed by atoms with Crippen molar-refractivity contribution < 1.29 is 17.9 Å². The van der Waals surface area contributed by atoms with E-state index in [2.05, 4.69) is 26.8 Å². The minimum Gasteiger partial charge on any atom is -0.483 e. The van der Waals surface area contributed by atoms with E-state index in [4.69, 9.17) is 4.74 Å². The van der Waals surface area contributed by atoms with Crippen molar-refractivity contribution in [3.8, 4) is 5.75 Å². The lowest BCUT2D eigenvalue weighted by atomic mass is 9.85. The van der Waals surface area contributed by atoms with Gasteiger partial charge in [-0.15, -0.1) is 0 Å². The van der Waals surface area contributed by atoms with E-state index in [1.54, 1.807) is 4.90 Å². The minimum absolute atomic E-state index is 0.0330. The van der Waals surface area contributed by atoms with Crippen molar-refractivity contribution in [1.82, 2.24) is 9.21 Å². The van der Waals surface area contributed by atoms with Gasteiger partial charge in [-0.2, -0.15) is 4.31 Å². The summed E-state index contributed by atoms with van der Waals surface area (Å²) in [4.78, 5) is 14.3. The van der Waals surface area contributed by atoms with Crippen molar-refractivity contribution in [2.75, 3.05) is 38.5 Å². The lowest BCUT2D eigenvalue weighted by Gasteiger charge is -2.34. The summed E-state index contributed by atoms with van der Waals surface area (Å²) in [6.07, 6.45) is 1.52. The first kappa shape index (κ1) is 22.7. The molecule has 0 N–H and O–H groups in total. The highest BCUT2D eigenvalue weighted by Crippen LogP contribution is 2.32. The summed E-state index contributed by atoms with van der Waals surface area (Å²) in [5.74, 6) is 0.807. The smallest absolute Gasteiger partial charge is 0.260 e. The number of ether oxygens (including phenoxy) is 1. The molecule has 0 atom stereocenters. The van der Waals surface area contributed by atoms with Crippen molar-refractivity contribution >= 4 is 15.9 Å². The van der Waals surface area contributed by atoms with Crippen molar-refractivity contribution in [3.05, 3.63) is 29.3 Å². The van der Waals surface area contributed by atoms with Gasteiger partial charge in [-0.3, -0.25) is 4.79 Å². The van der Waals surface area contributed by atoms with Crippen molar-refractivity contribution in [2.24, 2.45) is 0 Å². The molecule has 1 aliphatic heterocycles. The first-order valence-electron chi connectivity index (χ1n) is 10.0. The Hall–Kier alpha value is -1.60. The van der Waals surface area contributed by atoms with Crippen LogP contribution in [0.3, 0.4) is 0 Å². The lowest BCUT2D eigenvalue weighted by Crippen LogP contribution is -2.52. The van der Waals surface area contributed by atoms with E-state index in [0.29, 0.717) is 32.6 Å². The zero-order valence-electron chi connectivity index (χ0n) is 17.8. The molecule has 1 aromatic rings. The standard InChI is InChI=1S/C21H34N2O4S/c1-6-7-14-28(25,26)23-12-10-22(11-13-23)20(24)16-27-19-9-8-17(2)15-18(19)21(3,4)5/h8-9,15H,6-7,10-14,16H2,1-5H3. The number of nitrogens with zero attached hydrogens (tertiary/aromatic N) is 2. The van der Waals surface area contributed by atoms with Crippen LogP contribution in [-0.2, 0) is 20.2 Å². The van der Waals surface area contributed by atoms with E-state index in [1.165, 1.54) is 4.31 Å². The Balaban J connectivity index is 1.92. The highest BCUT2D eigenvalue weighted by atomic mass is 32.2. The third kappa shape index (κ3) is 5.95. The van der Waals surface area contributed by atoms with Crippen LogP contribution >= 0.6 is 0 Å². The molecule has 1 aromatic carbocycles. The van der Waals surface area contributed by atoms with Gasteiger partial charge in [0.2, 0.25) is 10.0 Å². The molecular formula is C21H34N2O4S. The Kier molecular flexibility index (Phi) is 7.51. The number of carbonyl (C=O) groups excluding carboxylic acids is 1. The number of hydrogen-bond acceptors (Lipinski definition) is 4. The fraction of sp³-hybridized carbons (Fsp3) is 0.667. The van der Waals surface area contributed by atoms with E-state index in [0.717, 1.165) is 23.3 Å². The second-order valence-electron chi connectivity index (χ2n) is 8.49. The van der Waals surface area contributed by atoms with E-state index >= 15 is 0 Å². The van der Waals surface area contributed by atoms with Gasteiger partial charge in [0, 0.05) is 26.2 Å². The van der Waals surface area contributed by atoms with E-state index in [-0.39, 0.29) is 23.7 Å². The van der Waals surface area contributed by atoms with Gasteiger partial charge in [-0.1, -0.05) is 51.8 Å². The predicted octanol–water partition coefficient (Wildman–Crippen LogP) is 2.95. The first-order chi connectivity index (χ1) is 13.0. The summed E-state index contributed by atoms with van der Waals surface area (Å²) in [5, 5.41) is 0. The molecule has 1 aliphatic rings. The summed E-state index contributed by atoms with van der Waals surface area (Å²) in [5.41, 5.74) is 2.15. The molecule has 7 heteroatoms. The van der Waals surface area contributed by atoms with Crippen LogP contribution in [0.4, 0.5) is 0 Å². The maximum absolute atomic E-state index is 12.6. The number of benzene rings is 1. The zero-order chi connectivity index (χ0) is 20.9. The van der Waals surface area contributed by atoms with Crippen LogP contribution in [0, 0.1) is 6.92 Å². The molecule has 0 radical (unpaired) electrons. The van der Waals surface area contributed by atoms with E-state index in [1.807, 2.05) is 26.0 Å². The molecule has 6 nitrogen and oxygen atoms in total. The molecule has 0 spiro atoms. The molecule has 1 amide bonds. The molecule has 0 aliphatic carbocycles. The molecule has 0 bridgehead atoms. The summed E-state index contributed by atoms with van der Waals surface area (Å²) < 4.78 is 31.9. The van der Waals surface area contributed by atoms with Gasteiger partial charge in [0.15, 0.2) is 6.61 Å². The molecule has 1 fully saturated rings. The summed E-state index contributed by atoms with van der Waals surface area (Å²) in [7, 11) is -3.21. The highest BCUT2D eigenvalue weighted by molar-refractivity contribution is 7.89. The van der Waals surface area contributed by atoms with Gasteiger partial charge in [0.25, 0.3) is 5.91 Å². The van der Waals surface area contributed by atoms with Crippen molar-refractivity contribution in [2.45, 2.75) is 52.9 Å². The Morgan fingerprint density at radius 3 is 2.36 bits per heavy atom. The lowest BCUT2D eigenvalue weighted by molar-refractivity contribution is -0.134. The van der Waals surface area contributed by atoms with Gasteiger partial charge < -0.3 is 9.64 Å². The van der Waals surface area contributed by atoms with Gasteiger partial charge in [-0.05, 0) is 30.4 Å². The summed E-state index contributed by atoms with van der Waals surface area (Å²) in [6, 6.07) is 6.00. The average Bonchev–Trinajstić information content (AvgIpc) is 2.64. The van der Waals surface area contributed by atoms with Crippen molar-refractivity contribution in [1.29, 1.82) is 0 Å². The molecule has 2 rings (SSSR count). The fourth-order valence-corrected chi connectivity index (χ4v) is 4.89. The third-order valence-electron chi connectivity index (χ3n) is 5.03. The molecular weight excluding hydrogens is 376 g/mol. The minimum atomic E-state index is -3.21. The number of piperazine rings is 1. The number of sulfonamides is 1. The molecule has 0 aromatic heterocycles. The van der Waals surface area contributed by atoms with Crippen LogP contribution in [0.15, 0.2) is 18.2 Å². The van der Waals surface area contributed by atoms with Crippen molar-refractivity contribution in [3.63, 3.8) is 0 Å².